The van der Waals surface area contributed by atoms with E-state index in [-0.39, 0.29) is 40.9 Å². The topological polar surface area (TPSA) is 38.9 Å². The molecular weight excluding hydrogens is 136 g/mol. The molecule has 2 N–H and O–H groups in total. The van der Waals surface area contributed by atoms with E-state index in [1.807, 2.05) is 0 Å². The van der Waals surface area contributed by atoms with Crippen LogP contribution in [0.4, 0.5) is 5.82 Å². The number of benzene rings is 1. The van der Waals surface area contributed by atoms with Crippen LogP contribution in [0.5, 0.6) is 0 Å². The van der Waals surface area contributed by atoms with Crippen LogP contribution < -0.4 is 5.73 Å². The first-order chi connectivity index (χ1) is 7.86. The van der Waals surface area contributed by atoms with Crippen LogP contribution in [-0.4, -0.2) is 4.98 Å². The lowest BCUT2D eigenvalue weighted by atomic mass is 10.2. The minimum absolute atomic E-state index is 0.0739. The van der Waals surface area contributed by atoms with E-state index in [2.05, 4.69) is 4.98 Å². The molecule has 0 bridgehead atoms. The van der Waals surface area contributed by atoms with Gasteiger partial charge in [0.05, 0.1) is 13.7 Å². The van der Waals surface area contributed by atoms with Gasteiger partial charge in [-0.3, -0.25) is 0 Å². The molecule has 1 aromatic carbocycles. The standard InChI is InChI=1S/C9H8N2/c10-9-6-5-7-3-1-2-4-8(7)11-9/h1-6H,(H2,10,11)/i1D,2D,3D,4D,5D,6D. The zero-order valence-electron chi connectivity index (χ0n) is 11.5. The molecule has 0 saturated heterocycles. The van der Waals surface area contributed by atoms with Crippen molar-refractivity contribution in [1.82, 2.24) is 4.98 Å². The Balaban J connectivity index is 3.12. The molecule has 0 saturated carbocycles. The Bertz CT molecular complexity index is 631. The van der Waals surface area contributed by atoms with E-state index in [4.69, 9.17) is 14.0 Å². The third-order valence-corrected chi connectivity index (χ3v) is 1.22. The monoisotopic (exact) mass is 150 g/mol. The van der Waals surface area contributed by atoms with Crippen molar-refractivity contribution in [2.45, 2.75) is 0 Å². The average molecular weight is 150 g/mol. The van der Waals surface area contributed by atoms with E-state index < -0.39 is 12.1 Å². The first-order valence-corrected chi connectivity index (χ1v) is 2.99. The predicted molar refractivity (Wildman–Crippen MR) is 46.2 cm³/mol. The Hall–Kier alpha value is -1.57. The zero-order valence-corrected chi connectivity index (χ0v) is 5.52. The number of nitrogen functional groups attached to an aromatic ring is 1. The van der Waals surface area contributed by atoms with E-state index in [1.165, 1.54) is 0 Å². The summed E-state index contributed by atoms with van der Waals surface area (Å²) in [4.78, 5) is 3.76. The van der Waals surface area contributed by atoms with Gasteiger partial charge in [0.2, 0.25) is 0 Å². The number of fused-ring (bicyclic) bond motifs is 1. The van der Waals surface area contributed by atoms with Gasteiger partial charge in [-0.05, 0) is 18.1 Å². The second kappa shape index (κ2) is 2.23. The highest BCUT2D eigenvalue weighted by molar-refractivity contribution is 5.79. The molecule has 0 aliphatic heterocycles. The Labute approximate surface area is 73.1 Å². The van der Waals surface area contributed by atoms with Crippen LogP contribution in [0.3, 0.4) is 0 Å². The fourth-order valence-electron chi connectivity index (χ4n) is 0.755. The lowest BCUT2D eigenvalue weighted by Crippen LogP contribution is -1.88. The van der Waals surface area contributed by atoms with Crippen molar-refractivity contribution in [2.75, 3.05) is 5.73 Å². The SMILES string of the molecule is [2H]c1c([2H])c([2H])c2c([2H])c([2H])c(N)nc2c1[2H]. The highest BCUT2D eigenvalue weighted by atomic mass is 14.8. The quantitative estimate of drug-likeness (QED) is 0.622. The van der Waals surface area contributed by atoms with Gasteiger partial charge in [0.25, 0.3) is 0 Å². The predicted octanol–water partition coefficient (Wildman–Crippen LogP) is 1.82. The Kier molecular flexibility index (Phi) is 0.504. The van der Waals surface area contributed by atoms with Crippen molar-refractivity contribution >= 4 is 16.7 Å². The first kappa shape index (κ1) is 2.48. The molecular formula is C9H8N2. The molecule has 0 amide bonds. The maximum atomic E-state index is 7.68. The Morgan fingerprint density at radius 1 is 1.18 bits per heavy atom. The molecule has 2 aromatic rings. The minimum atomic E-state index is -0.443. The number of hydrogen-bond acceptors (Lipinski definition) is 2. The molecule has 0 radical (unpaired) electrons. The van der Waals surface area contributed by atoms with E-state index in [0.29, 0.717) is 0 Å². The summed E-state index contributed by atoms with van der Waals surface area (Å²) in [7, 11) is 0. The molecule has 0 unspecified atom stereocenters. The van der Waals surface area contributed by atoms with Gasteiger partial charge in [-0.2, -0.15) is 0 Å². The molecule has 0 fully saturated rings. The smallest absolute Gasteiger partial charge is 0.124 e. The molecule has 0 aliphatic rings. The van der Waals surface area contributed by atoms with Crippen LogP contribution >= 0.6 is 0 Å². The molecule has 54 valence electrons. The number of aromatic nitrogens is 1. The van der Waals surface area contributed by atoms with Gasteiger partial charge in [-0.25, -0.2) is 4.98 Å². The summed E-state index contributed by atoms with van der Waals surface area (Å²) in [5.74, 6) is -0.215. The van der Waals surface area contributed by atoms with Crippen molar-refractivity contribution in [3.63, 3.8) is 0 Å². The van der Waals surface area contributed by atoms with Crippen LogP contribution in [0.15, 0.2) is 36.3 Å². The zero-order chi connectivity index (χ0) is 12.9. The lowest BCUT2D eigenvalue weighted by Gasteiger charge is -1.95. The van der Waals surface area contributed by atoms with Crippen molar-refractivity contribution in [2.24, 2.45) is 0 Å². The van der Waals surface area contributed by atoms with Crippen molar-refractivity contribution in [3.05, 3.63) is 36.3 Å². The summed E-state index contributed by atoms with van der Waals surface area (Å²) in [5.41, 5.74) is 5.35. The summed E-state index contributed by atoms with van der Waals surface area (Å²) in [6.45, 7) is 0. The van der Waals surface area contributed by atoms with Gasteiger partial charge < -0.3 is 5.73 Å². The molecule has 0 aliphatic carbocycles. The normalized spacial score (nSPS) is 17.8. The highest BCUT2D eigenvalue weighted by Gasteiger charge is 1.91. The number of pyridine rings is 1. The number of hydrogen-bond donors (Lipinski definition) is 1. The average Bonchev–Trinajstić information content (AvgIpc) is 2.30. The largest absolute Gasteiger partial charge is 0.384 e. The molecule has 2 heteroatoms. The van der Waals surface area contributed by atoms with Crippen molar-refractivity contribution in [1.29, 1.82) is 0 Å². The van der Waals surface area contributed by atoms with Crippen molar-refractivity contribution < 1.29 is 8.22 Å². The van der Waals surface area contributed by atoms with Crippen LogP contribution in [0.25, 0.3) is 10.9 Å². The van der Waals surface area contributed by atoms with Crippen LogP contribution in [0.2, 0.25) is 0 Å². The summed E-state index contributed by atoms with van der Waals surface area (Å²) in [6.07, 6.45) is 0. The molecule has 0 spiro atoms. The summed E-state index contributed by atoms with van der Waals surface area (Å²) >= 11 is 0. The van der Waals surface area contributed by atoms with E-state index in [1.54, 1.807) is 0 Å². The van der Waals surface area contributed by atoms with Crippen LogP contribution in [-0.2, 0) is 0 Å². The third-order valence-electron chi connectivity index (χ3n) is 1.22. The maximum absolute atomic E-state index is 7.68. The van der Waals surface area contributed by atoms with E-state index in [0.717, 1.165) is 0 Å². The van der Waals surface area contributed by atoms with Gasteiger partial charge >= 0.3 is 0 Å². The van der Waals surface area contributed by atoms with Crippen LogP contribution in [0, 0.1) is 0 Å². The van der Waals surface area contributed by atoms with Crippen molar-refractivity contribution in [3.8, 4) is 0 Å². The molecule has 1 heterocycles. The number of rotatable bonds is 0. The number of nitrogens with zero attached hydrogens (tertiary/aromatic N) is 1. The Morgan fingerprint density at radius 3 is 2.91 bits per heavy atom. The third kappa shape index (κ3) is 1.03. The molecule has 1 aromatic heterocycles. The fourth-order valence-corrected chi connectivity index (χ4v) is 0.755. The molecule has 2 rings (SSSR count). The number of para-hydroxylation sites is 1. The lowest BCUT2D eigenvalue weighted by molar-refractivity contribution is 1.42. The van der Waals surface area contributed by atoms with Gasteiger partial charge in [0, 0.05) is 5.39 Å². The summed E-state index contributed by atoms with van der Waals surface area (Å²) < 4.78 is 45.4. The van der Waals surface area contributed by atoms with E-state index >= 15 is 0 Å². The fraction of sp³-hybridized carbons (Fsp3) is 0. The van der Waals surface area contributed by atoms with Gasteiger partial charge in [-0.15, -0.1) is 0 Å². The van der Waals surface area contributed by atoms with Gasteiger partial charge in [-0.1, -0.05) is 18.1 Å². The minimum Gasteiger partial charge on any atom is -0.384 e. The molecule has 0 atom stereocenters. The van der Waals surface area contributed by atoms with Crippen LogP contribution in [0.1, 0.15) is 8.22 Å². The number of anilines is 1. The number of nitrogens with two attached hydrogens (primary N) is 1. The van der Waals surface area contributed by atoms with E-state index in [9.17, 15) is 0 Å². The second-order valence-corrected chi connectivity index (χ2v) is 1.97. The van der Waals surface area contributed by atoms with Gasteiger partial charge in [0.1, 0.15) is 5.82 Å². The molecule has 2 nitrogen and oxygen atoms in total. The summed E-state index contributed by atoms with van der Waals surface area (Å²) in [6, 6.07) is -2.25. The molecule has 11 heavy (non-hydrogen) atoms. The summed E-state index contributed by atoms with van der Waals surface area (Å²) in [5, 5.41) is -0.0739. The second-order valence-electron chi connectivity index (χ2n) is 1.97. The first-order valence-electron chi connectivity index (χ1n) is 5.99. The maximum Gasteiger partial charge on any atom is 0.124 e. The van der Waals surface area contributed by atoms with Gasteiger partial charge in [0.15, 0.2) is 0 Å². The highest BCUT2D eigenvalue weighted by Crippen LogP contribution is 2.11. The Morgan fingerprint density at radius 2 is 2.00 bits per heavy atom.